The van der Waals surface area contributed by atoms with Gasteiger partial charge in [0, 0.05) is 18.2 Å². The number of carbonyl (C=O) groups excluding carboxylic acids is 1. The highest BCUT2D eigenvalue weighted by Crippen LogP contribution is 2.25. The molecule has 0 atom stereocenters. The lowest BCUT2D eigenvalue weighted by Gasteiger charge is -2.17. The first-order chi connectivity index (χ1) is 11.6. The normalized spacial score (nSPS) is 13.9. The molecule has 0 amide bonds. The molecular weight excluding hydrogens is 306 g/mol. The van der Waals surface area contributed by atoms with Crippen molar-refractivity contribution in [1.29, 1.82) is 0 Å². The average Bonchev–Trinajstić information content (AvgIpc) is 2.59. The lowest BCUT2D eigenvalue weighted by atomic mass is 9.90. The Kier molecular flexibility index (Phi) is 3.37. The Hall–Kier alpha value is -3.02. The first-order valence-electron chi connectivity index (χ1n) is 7.87. The minimum absolute atomic E-state index is 0.00543. The van der Waals surface area contributed by atoms with E-state index in [4.69, 9.17) is 0 Å². The molecule has 1 N–H and O–H groups in total. The predicted molar refractivity (Wildman–Crippen MR) is 89.4 cm³/mol. The van der Waals surface area contributed by atoms with Gasteiger partial charge < -0.3 is 0 Å². The molecule has 0 saturated carbocycles. The van der Waals surface area contributed by atoms with Crippen LogP contribution in [-0.4, -0.2) is 20.3 Å². The molecule has 24 heavy (non-hydrogen) atoms. The summed E-state index contributed by atoms with van der Waals surface area (Å²) in [5.74, 6) is 0.00543. The van der Waals surface area contributed by atoms with Crippen LogP contribution < -0.4 is 11.2 Å². The summed E-state index contributed by atoms with van der Waals surface area (Å²) in [7, 11) is 0. The summed E-state index contributed by atoms with van der Waals surface area (Å²) in [6.07, 6.45) is 3.33. The van der Waals surface area contributed by atoms with E-state index in [1.165, 1.54) is 10.8 Å². The van der Waals surface area contributed by atoms with Crippen LogP contribution in [0.25, 0.3) is 11.0 Å². The highest BCUT2D eigenvalue weighted by Gasteiger charge is 2.23. The number of Topliss-reactive ketones (excluding diaryl/α,β-unsaturated/α-hetero) is 1. The lowest BCUT2D eigenvalue weighted by molar-refractivity contribution is 0.0972. The first-order valence-corrected chi connectivity index (χ1v) is 7.87. The van der Waals surface area contributed by atoms with Crippen molar-refractivity contribution in [1.82, 2.24) is 14.5 Å². The van der Waals surface area contributed by atoms with Crippen molar-refractivity contribution in [3.8, 4) is 0 Å². The highest BCUT2D eigenvalue weighted by molar-refractivity contribution is 6.01. The second-order valence-corrected chi connectivity index (χ2v) is 5.96. The van der Waals surface area contributed by atoms with Gasteiger partial charge in [-0.3, -0.25) is 19.1 Å². The fraction of sp³-hybridized carbons (Fsp3) is 0.222. The summed E-state index contributed by atoms with van der Waals surface area (Å²) >= 11 is 0. The van der Waals surface area contributed by atoms with Gasteiger partial charge in [0.15, 0.2) is 5.78 Å². The van der Waals surface area contributed by atoms with Gasteiger partial charge in [-0.2, -0.15) is 0 Å². The Balaban J connectivity index is 2.00. The number of rotatable bonds is 2. The van der Waals surface area contributed by atoms with Gasteiger partial charge in [-0.25, -0.2) is 9.78 Å². The molecule has 0 unspecified atom stereocenters. The van der Waals surface area contributed by atoms with Gasteiger partial charge in [0.2, 0.25) is 0 Å². The van der Waals surface area contributed by atoms with Crippen LogP contribution in [0.1, 0.15) is 34.3 Å². The second kappa shape index (κ2) is 5.56. The highest BCUT2D eigenvalue weighted by atomic mass is 16.2. The summed E-state index contributed by atoms with van der Waals surface area (Å²) in [6.45, 7) is 0.312. The van der Waals surface area contributed by atoms with Crippen LogP contribution >= 0.6 is 0 Å². The van der Waals surface area contributed by atoms with Gasteiger partial charge in [0.05, 0.1) is 11.9 Å². The van der Waals surface area contributed by atoms with Crippen LogP contribution in [-0.2, 0) is 13.0 Å². The molecule has 0 spiro atoms. The van der Waals surface area contributed by atoms with Gasteiger partial charge in [-0.1, -0.05) is 30.3 Å². The van der Waals surface area contributed by atoms with E-state index < -0.39 is 11.2 Å². The number of benzene rings is 1. The van der Waals surface area contributed by atoms with Crippen molar-refractivity contribution in [2.75, 3.05) is 0 Å². The molecule has 1 aliphatic carbocycles. The van der Waals surface area contributed by atoms with Crippen LogP contribution in [0.15, 0.2) is 46.1 Å². The summed E-state index contributed by atoms with van der Waals surface area (Å²) in [6, 6.07) is 9.50. The van der Waals surface area contributed by atoms with Crippen LogP contribution in [0.4, 0.5) is 0 Å². The van der Waals surface area contributed by atoms with E-state index in [0.29, 0.717) is 48.0 Å². The molecule has 4 rings (SSSR count). The van der Waals surface area contributed by atoms with Gasteiger partial charge in [-0.05, 0) is 24.0 Å². The fourth-order valence-electron chi connectivity index (χ4n) is 3.28. The molecule has 0 radical (unpaired) electrons. The number of carbonyl (C=O) groups is 1. The minimum Gasteiger partial charge on any atom is -0.294 e. The second-order valence-electron chi connectivity index (χ2n) is 5.96. The zero-order valence-electron chi connectivity index (χ0n) is 12.9. The molecule has 6 nitrogen and oxygen atoms in total. The largest absolute Gasteiger partial charge is 0.330 e. The number of fused-ring (bicyclic) bond motifs is 3. The maximum absolute atomic E-state index is 12.4. The number of aromatic nitrogens is 3. The molecule has 3 aromatic rings. The number of nitrogens with zero attached hydrogens (tertiary/aromatic N) is 2. The smallest absolute Gasteiger partial charge is 0.294 e. The molecule has 2 aromatic heterocycles. The minimum atomic E-state index is -0.495. The maximum atomic E-state index is 12.4. The Morgan fingerprint density at radius 1 is 1.08 bits per heavy atom. The molecule has 1 aromatic carbocycles. The number of pyridine rings is 1. The quantitative estimate of drug-likeness (QED) is 0.778. The van der Waals surface area contributed by atoms with Gasteiger partial charge in [0.1, 0.15) is 5.65 Å². The zero-order valence-corrected chi connectivity index (χ0v) is 12.9. The standard InChI is InChI=1S/C18H15N3O3/c22-14-8-4-7-12-13(14)9-19-16-15(12)17(23)20-18(24)21(16)10-11-5-2-1-3-6-11/h1-3,5-6,9H,4,7-8,10H2,(H,20,23,24). The van der Waals surface area contributed by atoms with E-state index in [9.17, 15) is 14.4 Å². The van der Waals surface area contributed by atoms with Crippen molar-refractivity contribution in [3.63, 3.8) is 0 Å². The van der Waals surface area contributed by atoms with E-state index in [1.54, 1.807) is 0 Å². The lowest BCUT2D eigenvalue weighted by Crippen LogP contribution is -2.32. The third-order valence-electron chi connectivity index (χ3n) is 4.43. The number of ketones is 1. The number of H-pyrrole nitrogens is 1. The Morgan fingerprint density at radius 2 is 1.88 bits per heavy atom. The van der Waals surface area contributed by atoms with E-state index in [0.717, 1.165) is 5.56 Å². The SMILES string of the molecule is O=C1CCCc2c1cnc1c2c(=O)[nH]c(=O)n1Cc1ccccc1. The monoisotopic (exact) mass is 321 g/mol. The molecule has 120 valence electrons. The summed E-state index contributed by atoms with van der Waals surface area (Å²) in [5, 5.41) is 0.357. The fourth-order valence-corrected chi connectivity index (χ4v) is 3.28. The third-order valence-corrected chi connectivity index (χ3v) is 4.43. The number of hydrogen-bond acceptors (Lipinski definition) is 4. The van der Waals surface area contributed by atoms with E-state index in [-0.39, 0.29) is 5.78 Å². The maximum Gasteiger partial charge on any atom is 0.330 e. The van der Waals surface area contributed by atoms with Crippen molar-refractivity contribution in [2.24, 2.45) is 0 Å². The van der Waals surface area contributed by atoms with Crippen molar-refractivity contribution < 1.29 is 4.79 Å². The van der Waals surface area contributed by atoms with Crippen molar-refractivity contribution in [3.05, 3.63) is 74.1 Å². The topological polar surface area (TPSA) is 84.8 Å². The molecule has 6 heteroatoms. The van der Waals surface area contributed by atoms with Crippen molar-refractivity contribution in [2.45, 2.75) is 25.8 Å². The predicted octanol–water partition coefficient (Wildman–Crippen LogP) is 1.65. The van der Waals surface area contributed by atoms with Crippen LogP contribution in [0.2, 0.25) is 0 Å². The van der Waals surface area contributed by atoms with Crippen LogP contribution in [0.3, 0.4) is 0 Å². The molecule has 0 aliphatic heterocycles. The molecule has 0 bridgehead atoms. The summed E-state index contributed by atoms with van der Waals surface area (Å²) in [5.41, 5.74) is 1.51. The molecule has 0 saturated heterocycles. The van der Waals surface area contributed by atoms with Crippen LogP contribution in [0, 0.1) is 0 Å². The summed E-state index contributed by atoms with van der Waals surface area (Å²) < 4.78 is 1.45. The Morgan fingerprint density at radius 3 is 2.67 bits per heavy atom. The third kappa shape index (κ3) is 2.27. The van der Waals surface area contributed by atoms with Gasteiger partial charge in [0.25, 0.3) is 5.56 Å². The van der Waals surface area contributed by atoms with E-state index >= 15 is 0 Å². The Labute approximate surface area is 136 Å². The number of nitrogens with one attached hydrogen (secondary N) is 1. The van der Waals surface area contributed by atoms with E-state index in [1.807, 2.05) is 30.3 Å². The number of aromatic amines is 1. The zero-order chi connectivity index (χ0) is 16.7. The van der Waals surface area contributed by atoms with E-state index in [2.05, 4.69) is 9.97 Å². The summed E-state index contributed by atoms with van der Waals surface area (Å²) in [4.78, 5) is 43.4. The van der Waals surface area contributed by atoms with Gasteiger partial charge in [-0.15, -0.1) is 0 Å². The molecule has 2 heterocycles. The van der Waals surface area contributed by atoms with Crippen LogP contribution in [0.5, 0.6) is 0 Å². The molecular formula is C18H15N3O3. The molecule has 1 aliphatic rings. The Bertz CT molecular complexity index is 1060. The molecule has 0 fully saturated rings. The first kappa shape index (κ1) is 14.6. The van der Waals surface area contributed by atoms with Gasteiger partial charge >= 0.3 is 5.69 Å². The number of hydrogen-bond donors (Lipinski definition) is 1. The number of aryl methyl sites for hydroxylation is 1. The van der Waals surface area contributed by atoms with Crippen molar-refractivity contribution >= 4 is 16.8 Å². The average molecular weight is 321 g/mol.